The van der Waals surface area contributed by atoms with Crippen LogP contribution in [0.5, 0.6) is 0 Å². The van der Waals surface area contributed by atoms with Gasteiger partial charge in [-0.25, -0.2) is 4.98 Å². The zero-order valence-corrected chi connectivity index (χ0v) is 17.3. The van der Waals surface area contributed by atoms with Crippen LogP contribution in [0.3, 0.4) is 0 Å². The van der Waals surface area contributed by atoms with E-state index in [1.807, 2.05) is 24.3 Å². The molecule has 0 saturated carbocycles. The molecule has 2 heterocycles. The molecule has 0 bridgehead atoms. The average molecular weight is 424 g/mol. The molecule has 0 aliphatic heterocycles. The number of hydrogen-bond acceptors (Lipinski definition) is 4. The third-order valence-electron chi connectivity index (χ3n) is 5.28. The summed E-state index contributed by atoms with van der Waals surface area (Å²) in [4.78, 5) is 13.6. The maximum absolute atomic E-state index is 6.32. The fourth-order valence-electron chi connectivity index (χ4n) is 3.89. The molecule has 0 amide bonds. The monoisotopic (exact) mass is 423 g/mol. The number of rotatable bonds is 2. The summed E-state index contributed by atoms with van der Waals surface area (Å²) in [6.45, 7) is 0. The molecule has 30 heavy (non-hydrogen) atoms. The van der Waals surface area contributed by atoms with Gasteiger partial charge in [-0.1, -0.05) is 72.8 Å². The van der Waals surface area contributed by atoms with Crippen molar-refractivity contribution < 1.29 is 0 Å². The lowest BCUT2D eigenvalue weighted by atomic mass is 10.0. The van der Waals surface area contributed by atoms with E-state index in [9.17, 15) is 0 Å². The molecule has 0 aliphatic carbocycles. The van der Waals surface area contributed by atoms with E-state index in [0.717, 1.165) is 21.9 Å². The normalized spacial score (nSPS) is 11.5. The zero-order chi connectivity index (χ0) is 20.1. The van der Waals surface area contributed by atoms with Gasteiger partial charge < -0.3 is 0 Å². The summed E-state index contributed by atoms with van der Waals surface area (Å²) in [5, 5.41) is 4.94. The summed E-state index contributed by atoms with van der Waals surface area (Å²) in [6, 6.07) is 29.1. The first-order valence-corrected chi connectivity index (χ1v) is 10.8. The largest absolute Gasteiger partial charge is 0.226 e. The standard InChI is InChI=1S/C25H14ClN3S/c26-25-28-23(16-12-13-19-18-9-3-4-11-21(18)30-22(19)14-16)27-24(29-25)20-10-5-7-15-6-1-2-8-17(15)20/h1-14H. The van der Waals surface area contributed by atoms with Crippen LogP contribution in [0.15, 0.2) is 84.9 Å². The van der Waals surface area contributed by atoms with Gasteiger partial charge in [-0.15, -0.1) is 11.3 Å². The van der Waals surface area contributed by atoms with E-state index in [4.69, 9.17) is 16.6 Å². The number of fused-ring (bicyclic) bond motifs is 4. The van der Waals surface area contributed by atoms with Crippen molar-refractivity contribution in [2.75, 3.05) is 0 Å². The van der Waals surface area contributed by atoms with Gasteiger partial charge >= 0.3 is 0 Å². The van der Waals surface area contributed by atoms with E-state index in [0.29, 0.717) is 11.6 Å². The smallest absolute Gasteiger partial charge is 0.208 e. The maximum atomic E-state index is 6.32. The number of nitrogens with zero attached hydrogens (tertiary/aromatic N) is 3. The van der Waals surface area contributed by atoms with Gasteiger partial charge in [-0.3, -0.25) is 0 Å². The van der Waals surface area contributed by atoms with Crippen molar-refractivity contribution >= 4 is 53.9 Å². The van der Waals surface area contributed by atoms with Gasteiger partial charge in [0, 0.05) is 31.3 Å². The van der Waals surface area contributed by atoms with Crippen molar-refractivity contribution in [3.05, 3.63) is 90.2 Å². The molecule has 6 rings (SSSR count). The SMILES string of the molecule is Clc1nc(-c2ccc3c(c2)sc2ccccc23)nc(-c2cccc3ccccc23)n1. The van der Waals surface area contributed by atoms with Crippen molar-refractivity contribution in [2.45, 2.75) is 0 Å². The van der Waals surface area contributed by atoms with Crippen LogP contribution >= 0.6 is 22.9 Å². The van der Waals surface area contributed by atoms with Crippen LogP contribution in [-0.2, 0) is 0 Å². The highest BCUT2D eigenvalue weighted by atomic mass is 35.5. The minimum Gasteiger partial charge on any atom is -0.208 e. The Morgan fingerprint density at radius 2 is 1.33 bits per heavy atom. The first-order chi connectivity index (χ1) is 14.8. The summed E-state index contributed by atoms with van der Waals surface area (Å²) >= 11 is 8.10. The minimum atomic E-state index is 0.194. The Balaban J connectivity index is 1.54. The first-order valence-electron chi connectivity index (χ1n) is 9.58. The van der Waals surface area contributed by atoms with E-state index in [2.05, 4.69) is 70.6 Å². The van der Waals surface area contributed by atoms with Crippen molar-refractivity contribution in [1.29, 1.82) is 0 Å². The molecule has 0 saturated heterocycles. The Morgan fingerprint density at radius 3 is 2.27 bits per heavy atom. The molecule has 142 valence electrons. The van der Waals surface area contributed by atoms with E-state index >= 15 is 0 Å². The molecule has 0 N–H and O–H groups in total. The second-order valence-corrected chi connectivity index (χ2v) is 8.51. The van der Waals surface area contributed by atoms with Crippen LogP contribution < -0.4 is 0 Å². The Labute approximate surface area is 181 Å². The second-order valence-electron chi connectivity index (χ2n) is 7.09. The van der Waals surface area contributed by atoms with Crippen LogP contribution in [0.1, 0.15) is 0 Å². The molecule has 2 aromatic heterocycles. The zero-order valence-electron chi connectivity index (χ0n) is 15.7. The van der Waals surface area contributed by atoms with Crippen molar-refractivity contribution in [2.24, 2.45) is 0 Å². The second kappa shape index (κ2) is 6.87. The Hall–Kier alpha value is -3.34. The molecule has 0 fully saturated rings. The molecule has 3 nitrogen and oxygen atoms in total. The van der Waals surface area contributed by atoms with E-state index in [1.54, 1.807) is 11.3 Å². The van der Waals surface area contributed by atoms with E-state index in [1.165, 1.54) is 20.2 Å². The van der Waals surface area contributed by atoms with Crippen LogP contribution in [0.25, 0.3) is 53.7 Å². The quantitative estimate of drug-likeness (QED) is 0.291. The van der Waals surface area contributed by atoms with Gasteiger partial charge in [0.1, 0.15) is 0 Å². The average Bonchev–Trinajstić information content (AvgIpc) is 3.16. The first kappa shape index (κ1) is 17.5. The van der Waals surface area contributed by atoms with E-state index in [-0.39, 0.29) is 5.28 Å². The maximum Gasteiger partial charge on any atom is 0.226 e. The van der Waals surface area contributed by atoms with Gasteiger partial charge in [0.15, 0.2) is 11.6 Å². The number of hydrogen-bond donors (Lipinski definition) is 0. The fraction of sp³-hybridized carbons (Fsp3) is 0. The Morgan fingerprint density at radius 1 is 0.600 bits per heavy atom. The van der Waals surface area contributed by atoms with Crippen molar-refractivity contribution in [3.8, 4) is 22.8 Å². The Kier molecular flexibility index (Phi) is 4.01. The minimum absolute atomic E-state index is 0.194. The highest BCUT2D eigenvalue weighted by Gasteiger charge is 2.13. The van der Waals surface area contributed by atoms with Crippen LogP contribution in [0, 0.1) is 0 Å². The molecule has 0 radical (unpaired) electrons. The molecular formula is C25H14ClN3S. The number of benzene rings is 4. The molecule has 0 unspecified atom stereocenters. The van der Waals surface area contributed by atoms with Crippen LogP contribution in [0.2, 0.25) is 5.28 Å². The summed E-state index contributed by atoms with van der Waals surface area (Å²) in [5.41, 5.74) is 1.88. The predicted molar refractivity (Wildman–Crippen MR) is 126 cm³/mol. The van der Waals surface area contributed by atoms with Gasteiger partial charge in [0.25, 0.3) is 0 Å². The molecule has 0 atom stereocenters. The van der Waals surface area contributed by atoms with E-state index < -0.39 is 0 Å². The Bertz CT molecular complexity index is 1570. The number of aromatic nitrogens is 3. The van der Waals surface area contributed by atoms with Crippen molar-refractivity contribution in [3.63, 3.8) is 0 Å². The summed E-state index contributed by atoms with van der Waals surface area (Å²) in [6.07, 6.45) is 0. The molecule has 6 aromatic rings. The third kappa shape index (κ3) is 2.84. The molecule has 0 aliphatic rings. The van der Waals surface area contributed by atoms with Gasteiger partial charge in [-0.05, 0) is 34.5 Å². The topological polar surface area (TPSA) is 38.7 Å². The lowest BCUT2D eigenvalue weighted by molar-refractivity contribution is 1.07. The van der Waals surface area contributed by atoms with Gasteiger partial charge in [-0.2, -0.15) is 9.97 Å². The lowest BCUT2D eigenvalue weighted by Gasteiger charge is -2.08. The molecule has 0 spiro atoms. The third-order valence-corrected chi connectivity index (χ3v) is 6.58. The molecular weight excluding hydrogens is 410 g/mol. The van der Waals surface area contributed by atoms with Gasteiger partial charge in [0.2, 0.25) is 5.28 Å². The van der Waals surface area contributed by atoms with Crippen molar-refractivity contribution in [1.82, 2.24) is 15.0 Å². The molecule has 5 heteroatoms. The van der Waals surface area contributed by atoms with Crippen LogP contribution in [0.4, 0.5) is 0 Å². The van der Waals surface area contributed by atoms with Crippen LogP contribution in [-0.4, -0.2) is 15.0 Å². The number of thiophene rings is 1. The highest BCUT2D eigenvalue weighted by Crippen LogP contribution is 2.36. The summed E-state index contributed by atoms with van der Waals surface area (Å²) in [7, 11) is 0. The summed E-state index contributed by atoms with van der Waals surface area (Å²) < 4.78 is 2.48. The molecule has 4 aromatic carbocycles. The van der Waals surface area contributed by atoms with Gasteiger partial charge in [0.05, 0.1) is 0 Å². The summed E-state index contributed by atoms with van der Waals surface area (Å²) in [5.74, 6) is 1.16. The fourth-order valence-corrected chi connectivity index (χ4v) is 5.19. The predicted octanol–water partition coefficient (Wildman–Crippen LogP) is 7.38. The number of halogens is 1. The highest BCUT2D eigenvalue weighted by molar-refractivity contribution is 7.25. The lowest BCUT2D eigenvalue weighted by Crippen LogP contribution is -1.97.